The maximum absolute atomic E-state index is 11.8. The Kier molecular flexibility index (Phi) is 3.27. The molecule has 106 valence electrons. The minimum Gasteiger partial charge on any atom is -0.457 e. The highest BCUT2D eigenvalue weighted by Crippen LogP contribution is 2.26. The fourth-order valence-electron chi connectivity index (χ4n) is 2.10. The molecule has 1 fully saturated rings. The van der Waals surface area contributed by atoms with E-state index in [1.54, 1.807) is 24.3 Å². The molecule has 1 aliphatic rings. The molecular weight excluding hydrogens is 274 g/mol. The fraction of sp³-hybridized carbons (Fsp3) is 0.133. The second kappa shape index (κ2) is 5.24. The van der Waals surface area contributed by atoms with Crippen LogP contribution in [0.4, 0.5) is 5.69 Å². The lowest BCUT2D eigenvalue weighted by molar-refractivity contribution is -0.121. The number of carbonyl (C=O) groups is 3. The molecule has 0 aliphatic carbocycles. The van der Waals surface area contributed by atoms with Gasteiger partial charge in [0.2, 0.25) is 17.6 Å². The van der Waals surface area contributed by atoms with Gasteiger partial charge in [-0.3, -0.25) is 14.5 Å². The first-order valence-electron chi connectivity index (χ1n) is 6.37. The van der Waals surface area contributed by atoms with Gasteiger partial charge >= 0.3 is 5.97 Å². The highest BCUT2D eigenvalue weighted by molar-refractivity contribution is 6.19. The predicted molar refractivity (Wildman–Crippen MR) is 71.8 cm³/mol. The summed E-state index contributed by atoms with van der Waals surface area (Å²) in [7, 11) is 0. The van der Waals surface area contributed by atoms with Crippen LogP contribution in [-0.2, 0) is 9.59 Å². The molecule has 2 amide bonds. The molecule has 1 aliphatic heterocycles. The zero-order chi connectivity index (χ0) is 14.8. The lowest BCUT2D eigenvalue weighted by Gasteiger charge is -2.14. The highest BCUT2D eigenvalue weighted by atomic mass is 16.5. The van der Waals surface area contributed by atoms with Gasteiger partial charge in [0.15, 0.2) is 0 Å². The molecule has 0 saturated carbocycles. The monoisotopic (exact) mass is 285 g/mol. The van der Waals surface area contributed by atoms with Gasteiger partial charge in [0.05, 0.1) is 12.0 Å². The van der Waals surface area contributed by atoms with Crippen molar-refractivity contribution in [2.75, 3.05) is 4.90 Å². The Morgan fingerprint density at radius 1 is 1.10 bits per heavy atom. The highest BCUT2D eigenvalue weighted by Gasteiger charge is 2.30. The van der Waals surface area contributed by atoms with Crippen molar-refractivity contribution in [3.05, 3.63) is 48.4 Å². The molecule has 2 heterocycles. The first-order chi connectivity index (χ1) is 10.1. The third-order valence-electron chi connectivity index (χ3n) is 3.06. The van der Waals surface area contributed by atoms with E-state index >= 15 is 0 Å². The van der Waals surface area contributed by atoms with Gasteiger partial charge in [0.25, 0.3) is 0 Å². The van der Waals surface area contributed by atoms with Crippen LogP contribution in [0.2, 0.25) is 0 Å². The molecule has 2 aromatic rings. The van der Waals surface area contributed by atoms with Crippen LogP contribution in [0.25, 0.3) is 0 Å². The summed E-state index contributed by atoms with van der Waals surface area (Å²) in [6.45, 7) is 0. The number of furan rings is 1. The quantitative estimate of drug-likeness (QED) is 0.490. The van der Waals surface area contributed by atoms with Crippen molar-refractivity contribution >= 4 is 23.5 Å². The number of benzene rings is 1. The van der Waals surface area contributed by atoms with Crippen LogP contribution >= 0.6 is 0 Å². The van der Waals surface area contributed by atoms with Crippen molar-refractivity contribution in [1.29, 1.82) is 0 Å². The third-order valence-corrected chi connectivity index (χ3v) is 3.06. The summed E-state index contributed by atoms with van der Waals surface area (Å²) in [6, 6.07) is 9.33. The van der Waals surface area contributed by atoms with Gasteiger partial charge in [-0.15, -0.1) is 0 Å². The summed E-state index contributed by atoms with van der Waals surface area (Å²) < 4.78 is 10.1. The number of imide groups is 1. The Morgan fingerprint density at radius 3 is 2.52 bits per heavy atom. The molecule has 1 aromatic heterocycles. The first kappa shape index (κ1) is 13.1. The Balaban J connectivity index is 1.82. The standard InChI is InChI=1S/C15H11NO5/c17-13-6-7-14(18)16(13)10-3-1-4-11(9-10)21-15(19)12-5-2-8-20-12/h1-5,8-9H,6-7H2. The smallest absolute Gasteiger partial charge is 0.379 e. The molecule has 0 radical (unpaired) electrons. The second-order valence-electron chi connectivity index (χ2n) is 4.49. The van der Waals surface area contributed by atoms with Crippen LogP contribution in [0.5, 0.6) is 5.75 Å². The molecule has 21 heavy (non-hydrogen) atoms. The molecule has 0 unspecified atom stereocenters. The van der Waals surface area contributed by atoms with E-state index in [1.807, 2.05) is 0 Å². The lowest BCUT2D eigenvalue weighted by Crippen LogP contribution is -2.28. The lowest BCUT2D eigenvalue weighted by atomic mass is 10.2. The van der Waals surface area contributed by atoms with E-state index in [9.17, 15) is 14.4 Å². The van der Waals surface area contributed by atoms with Crippen LogP contribution in [-0.4, -0.2) is 17.8 Å². The zero-order valence-electron chi connectivity index (χ0n) is 10.9. The van der Waals surface area contributed by atoms with Crippen LogP contribution in [0.1, 0.15) is 23.4 Å². The van der Waals surface area contributed by atoms with Crippen molar-refractivity contribution in [2.45, 2.75) is 12.8 Å². The largest absolute Gasteiger partial charge is 0.457 e. The summed E-state index contributed by atoms with van der Waals surface area (Å²) >= 11 is 0. The van der Waals surface area contributed by atoms with Gasteiger partial charge < -0.3 is 9.15 Å². The summed E-state index contributed by atoms with van der Waals surface area (Å²) in [4.78, 5) is 36.2. The number of nitrogens with zero attached hydrogens (tertiary/aromatic N) is 1. The Bertz CT molecular complexity index is 689. The average Bonchev–Trinajstić information content (AvgIpc) is 3.09. The summed E-state index contributed by atoms with van der Waals surface area (Å²) in [6.07, 6.45) is 1.78. The van der Waals surface area contributed by atoms with Crippen molar-refractivity contribution in [3.8, 4) is 5.75 Å². The van der Waals surface area contributed by atoms with Crippen molar-refractivity contribution in [2.24, 2.45) is 0 Å². The van der Waals surface area contributed by atoms with E-state index in [4.69, 9.17) is 9.15 Å². The molecule has 6 heteroatoms. The molecule has 1 saturated heterocycles. The van der Waals surface area contributed by atoms with Crippen LogP contribution in [0.15, 0.2) is 47.1 Å². The number of hydrogen-bond acceptors (Lipinski definition) is 5. The number of ether oxygens (including phenoxy) is 1. The molecule has 0 spiro atoms. The molecule has 0 N–H and O–H groups in total. The fourth-order valence-corrected chi connectivity index (χ4v) is 2.10. The Hall–Kier alpha value is -2.89. The van der Waals surface area contributed by atoms with Gasteiger partial charge in [-0.1, -0.05) is 6.07 Å². The number of carbonyl (C=O) groups excluding carboxylic acids is 3. The van der Waals surface area contributed by atoms with Crippen molar-refractivity contribution < 1.29 is 23.5 Å². The average molecular weight is 285 g/mol. The van der Waals surface area contributed by atoms with Crippen molar-refractivity contribution in [1.82, 2.24) is 0 Å². The minimum atomic E-state index is -0.642. The number of esters is 1. The number of amides is 2. The van der Waals surface area contributed by atoms with E-state index in [0.29, 0.717) is 5.69 Å². The molecule has 1 aromatic carbocycles. The van der Waals surface area contributed by atoms with Crippen LogP contribution < -0.4 is 9.64 Å². The molecule has 3 rings (SSSR count). The van der Waals surface area contributed by atoms with Gasteiger partial charge in [-0.2, -0.15) is 0 Å². The van der Waals surface area contributed by atoms with Crippen LogP contribution in [0, 0.1) is 0 Å². The SMILES string of the molecule is O=C(Oc1cccc(N2C(=O)CCC2=O)c1)c1ccco1. The van der Waals surface area contributed by atoms with Crippen molar-refractivity contribution in [3.63, 3.8) is 0 Å². The molecule has 0 atom stereocenters. The summed E-state index contributed by atoms with van der Waals surface area (Å²) in [5.41, 5.74) is 0.396. The van der Waals surface area contributed by atoms with E-state index in [1.165, 1.54) is 18.4 Å². The number of rotatable bonds is 3. The topological polar surface area (TPSA) is 76.8 Å². The van der Waals surface area contributed by atoms with Gasteiger partial charge in [0.1, 0.15) is 5.75 Å². The maximum atomic E-state index is 11.8. The third kappa shape index (κ3) is 2.55. The van der Waals surface area contributed by atoms with Crippen LogP contribution in [0.3, 0.4) is 0 Å². The van der Waals surface area contributed by atoms with E-state index in [-0.39, 0.29) is 36.2 Å². The van der Waals surface area contributed by atoms with Gasteiger partial charge in [0, 0.05) is 18.9 Å². The van der Waals surface area contributed by atoms with Gasteiger partial charge in [-0.05, 0) is 24.3 Å². The summed E-state index contributed by atoms with van der Waals surface area (Å²) in [5.74, 6) is -0.838. The number of anilines is 1. The molecule has 6 nitrogen and oxygen atoms in total. The first-order valence-corrected chi connectivity index (χ1v) is 6.37. The van der Waals surface area contributed by atoms with E-state index in [2.05, 4.69) is 0 Å². The second-order valence-corrected chi connectivity index (χ2v) is 4.49. The Labute approximate surface area is 119 Å². The zero-order valence-corrected chi connectivity index (χ0v) is 10.9. The minimum absolute atomic E-state index is 0.0775. The van der Waals surface area contributed by atoms with E-state index < -0.39 is 5.97 Å². The molecular formula is C15H11NO5. The predicted octanol–water partition coefficient (Wildman–Crippen LogP) is 2.15. The number of hydrogen-bond donors (Lipinski definition) is 0. The maximum Gasteiger partial charge on any atom is 0.379 e. The Morgan fingerprint density at radius 2 is 1.86 bits per heavy atom. The molecule has 0 bridgehead atoms. The van der Waals surface area contributed by atoms with E-state index in [0.717, 1.165) is 4.90 Å². The normalized spacial score (nSPS) is 14.6. The summed E-state index contributed by atoms with van der Waals surface area (Å²) in [5, 5.41) is 0. The van der Waals surface area contributed by atoms with Gasteiger partial charge in [-0.25, -0.2) is 4.79 Å².